The van der Waals surface area contributed by atoms with Gasteiger partial charge < -0.3 is 19.4 Å². The Morgan fingerprint density at radius 1 is 1.00 bits per heavy atom. The first-order valence-corrected chi connectivity index (χ1v) is 10.1. The molecule has 3 rings (SSSR count). The molecule has 1 aliphatic heterocycles. The zero-order valence-electron chi connectivity index (χ0n) is 17.0. The second kappa shape index (κ2) is 10.1. The third-order valence-corrected chi connectivity index (χ3v) is 4.95. The molecule has 0 saturated carbocycles. The van der Waals surface area contributed by atoms with E-state index in [0.29, 0.717) is 13.0 Å². The van der Waals surface area contributed by atoms with Gasteiger partial charge in [-0.15, -0.1) is 0 Å². The van der Waals surface area contributed by atoms with Crippen molar-refractivity contribution in [1.29, 1.82) is 0 Å². The van der Waals surface area contributed by atoms with Crippen LogP contribution in [0.2, 0.25) is 0 Å². The van der Waals surface area contributed by atoms with E-state index in [1.165, 1.54) is 11.3 Å². The van der Waals surface area contributed by atoms with Crippen molar-refractivity contribution in [2.75, 3.05) is 51.8 Å². The average Bonchev–Trinajstić information content (AvgIpc) is 2.72. The quantitative estimate of drug-likeness (QED) is 0.658. The third-order valence-electron chi connectivity index (χ3n) is 4.95. The fourth-order valence-corrected chi connectivity index (χ4v) is 3.52. The van der Waals surface area contributed by atoms with Gasteiger partial charge in [-0.2, -0.15) is 0 Å². The molecule has 5 nitrogen and oxygen atoms in total. The fraction of sp³-hybridized carbons (Fsp3) is 0.435. The first-order chi connectivity index (χ1) is 13.6. The second-order valence-corrected chi connectivity index (χ2v) is 7.54. The molecule has 150 valence electrons. The van der Waals surface area contributed by atoms with Gasteiger partial charge in [0.2, 0.25) is 5.91 Å². The molecule has 2 aromatic rings. The van der Waals surface area contributed by atoms with Crippen molar-refractivity contribution in [2.24, 2.45) is 0 Å². The number of carbonyl (C=O) groups excluding carboxylic acids is 1. The van der Waals surface area contributed by atoms with Gasteiger partial charge in [0.25, 0.3) is 0 Å². The van der Waals surface area contributed by atoms with Crippen LogP contribution in [0.15, 0.2) is 54.6 Å². The van der Waals surface area contributed by atoms with Crippen molar-refractivity contribution >= 4 is 11.6 Å². The van der Waals surface area contributed by atoms with Crippen molar-refractivity contribution in [3.63, 3.8) is 0 Å². The maximum absolute atomic E-state index is 12.5. The summed E-state index contributed by atoms with van der Waals surface area (Å²) in [7, 11) is 4.17. The lowest BCUT2D eigenvalue weighted by Crippen LogP contribution is -2.48. The van der Waals surface area contributed by atoms with E-state index < -0.39 is 0 Å². The number of hydrogen-bond acceptors (Lipinski definition) is 4. The summed E-state index contributed by atoms with van der Waals surface area (Å²) in [5.41, 5.74) is 2.57. The highest BCUT2D eigenvalue weighted by molar-refractivity contribution is 5.76. The highest BCUT2D eigenvalue weighted by atomic mass is 16.5. The lowest BCUT2D eigenvalue weighted by Gasteiger charge is -2.36. The van der Waals surface area contributed by atoms with Crippen molar-refractivity contribution < 1.29 is 9.53 Å². The monoisotopic (exact) mass is 381 g/mol. The summed E-state index contributed by atoms with van der Waals surface area (Å²) in [6, 6.07) is 18.5. The summed E-state index contributed by atoms with van der Waals surface area (Å²) >= 11 is 0. The first-order valence-electron chi connectivity index (χ1n) is 10.1. The van der Waals surface area contributed by atoms with Gasteiger partial charge in [0, 0.05) is 44.8 Å². The van der Waals surface area contributed by atoms with Crippen molar-refractivity contribution in [1.82, 2.24) is 9.80 Å². The topological polar surface area (TPSA) is 36.0 Å². The summed E-state index contributed by atoms with van der Waals surface area (Å²) in [6.07, 6.45) is 1.30. The Morgan fingerprint density at radius 3 is 2.46 bits per heavy atom. The Balaban J connectivity index is 1.40. The molecular weight excluding hydrogens is 350 g/mol. The Morgan fingerprint density at radius 2 is 1.75 bits per heavy atom. The van der Waals surface area contributed by atoms with Crippen LogP contribution < -0.4 is 9.64 Å². The predicted molar refractivity (Wildman–Crippen MR) is 114 cm³/mol. The summed E-state index contributed by atoms with van der Waals surface area (Å²) in [5.74, 6) is 1.10. The van der Waals surface area contributed by atoms with E-state index in [1.807, 2.05) is 35.2 Å². The number of ether oxygens (including phenoxy) is 1. The van der Waals surface area contributed by atoms with Crippen molar-refractivity contribution in [3.8, 4) is 5.75 Å². The van der Waals surface area contributed by atoms with Gasteiger partial charge in [0.1, 0.15) is 5.75 Å². The minimum atomic E-state index is 0.234. The maximum Gasteiger partial charge on any atom is 0.222 e. The fourth-order valence-electron chi connectivity index (χ4n) is 3.52. The van der Waals surface area contributed by atoms with Gasteiger partial charge >= 0.3 is 0 Å². The second-order valence-electron chi connectivity index (χ2n) is 7.54. The molecule has 0 aliphatic carbocycles. The van der Waals surface area contributed by atoms with Crippen molar-refractivity contribution in [2.45, 2.75) is 19.4 Å². The maximum atomic E-state index is 12.5. The molecule has 0 spiro atoms. The molecule has 1 saturated heterocycles. The van der Waals surface area contributed by atoms with Crippen LogP contribution in [-0.2, 0) is 11.3 Å². The predicted octanol–water partition coefficient (Wildman–Crippen LogP) is 3.26. The van der Waals surface area contributed by atoms with Crippen LogP contribution >= 0.6 is 0 Å². The van der Waals surface area contributed by atoms with Crippen LogP contribution in [0.3, 0.4) is 0 Å². The van der Waals surface area contributed by atoms with Gasteiger partial charge in [0.05, 0.1) is 6.61 Å². The van der Waals surface area contributed by atoms with Gasteiger partial charge in [-0.3, -0.25) is 4.79 Å². The molecule has 0 radical (unpaired) electrons. The average molecular weight is 382 g/mol. The number of para-hydroxylation sites is 1. The number of carbonyl (C=O) groups is 1. The van der Waals surface area contributed by atoms with Crippen LogP contribution in [0.5, 0.6) is 5.75 Å². The third kappa shape index (κ3) is 5.99. The van der Waals surface area contributed by atoms with Crippen LogP contribution in [-0.4, -0.2) is 62.6 Å². The Labute approximate surface area is 168 Å². The Hall–Kier alpha value is -2.53. The van der Waals surface area contributed by atoms with Crippen LogP contribution in [0.1, 0.15) is 18.4 Å². The molecule has 0 N–H and O–H groups in total. The van der Waals surface area contributed by atoms with Crippen molar-refractivity contribution in [3.05, 3.63) is 60.2 Å². The Kier molecular flexibility index (Phi) is 7.31. The van der Waals surface area contributed by atoms with Crippen LogP contribution in [0.25, 0.3) is 0 Å². The molecule has 1 aliphatic rings. The smallest absolute Gasteiger partial charge is 0.222 e. The molecular formula is C23H31N3O2. The van der Waals surface area contributed by atoms with E-state index in [-0.39, 0.29) is 5.91 Å². The van der Waals surface area contributed by atoms with E-state index in [4.69, 9.17) is 4.74 Å². The number of nitrogens with zero attached hydrogens (tertiary/aromatic N) is 3. The molecule has 0 bridgehead atoms. The van der Waals surface area contributed by atoms with E-state index >= 15 is 0 Å². The first kappa shape index (κ1) is 20.2. The molecule has 0 atom stereocenters. The van der Waals surface area contributed by atoms with Gasteiger partial charge in [-0.1, -0.05) is 30.3 Å². The molecule has 0 unspecified atom stereocenters. The minimum Gasteiger partial charge on any atom is -0.494 e. The number of piperazine rings is 1. The molecule has 1 fully saturated rings. The lowest BCUT2D eigenvalue weighted by atomic mass is 10.1. The normalized spacial score (nSPS) is 14.4. The highest BCUT2D eigenvalue weighted by Gasteiger charge is 2.21. The van der Waals surface area contributed by atoms with E-state index in [2.05, 4.69) is 48.2 Å². The molecule has 0 aromatic heterocycles. The molecule has 1 amide bonds. The summed E-state index contributed by atoms with van der Waals surface area (Å²) in [5, 5.41) is 0. The van der Waals surface area contributed by atoms with E-state index in [9.17, 15) is 4.79 Å². The van der Waals surface area contributed by atoms with Gasteiger partial charge in [-0.05, 0) is 50.3 Å². The van der Waals surface area contributed by atoms with Crippen LogP contribution in [0.4, 0.5) is 5.69 Å². The summed E-state index contributed by atoms with van der Waals surface area (Å²) < 4.78 is 5.67. The minimum absolute atomic E-state index is 0.234. The zero-order chi connectivity index (χ0) is 19.8. The largest absolute Gasteiger partial charge is 0.494 e. The summed E-state index contributed by atoms with van der Waals surface area (Å²) in [4.78, 5) is 19.0. The number of hydrogen-bond donors (Lipinski definition) is 0. The number of benzene rings is 2. The lowest BCUT2D eigenvalue weighted by molar-refractivity contribution is -0.131. The van der Waals surface area contributed by atoms with E-state index in [1.54, 1.807) is 0 Å². The van der Waals surface area contributed by atoms with E-state index in [0.717, 1.165) is 44.9 Å². The Bertz CT molecular complexity index is 741. The molecule has 28 heavy (non-hydrogen) atoms. The zero-order valence-corrected chi connectivity index (χ0v) is 17.0. The SMILES string of the molecule is CN(C)Cc1cccc(N2CCN(C(=O)CCCOc3ccccc3)CC2)c1. The number of anilines is 1. The van der Waals surface area contributed by atoms with Gasteiger partial charge in [0.15, 0.2) is 0 Å². The molecule has 5 heteroatoms. The molecule has 1 heterocycles. The molecule has 2 aromatic carbocycles. The summed E-state index contributed by atoms with van der Waals surface area (Å²) in [6.45, 7) is 4.87. The van der Waals surface area contributed by atoms with Crippen LogP contribution in [0, 0.1) is 0 Å². The standard InChI is InChI=1S/C23H31N3O2/c1-24(2)19-20-8-6-9-21(18-20)25-13-15-26(16-14-25)23(27)12-7-17-28-22-10-4-3-5-11-22/h3-6,8-11,18H,7,12-17,19H2,1-2H3. The number of rotatable bonds is 8. The van der Waals surface area contributed by atoms with Gasteiger partial charge in [-0.25, -0.2) is 0 Å². The highest BCUT2D eigenvalue weighted by Crippen LogP contribution is 2.19. The number of amides is 1.